The smallest absolute Gasteiger partial charge is 0.414 e. The van der Waals surface area contributed by atoms with Crippen molar-refractivity contribution >= 4 is 11.8 Å². The van der Waals surface area contributed by atoms with E-state index in [0.717, 1.165) is 12.2 Å². The van der Waals surface area contributed by atoms with Crippen LogP contribution in [-0.2, 0) is 16.5 Å². The second-order valence-electron chi connectivity index (χ2n) is 6.58. The number of morpholine rings is 1. The SMILES string of the molecule is Cn1cccc1C1COCCN1CC1CN(c2ccccc2)C(=O)O1. The molecule has 2 aliphatic heterocycles. The normalized spacial score (nSPS) is 24.5. The zero-order valence-electron chi connectivity index (χ0n) is 14.4. The molecule has 0 bridgehead atoms. The number of anilines is 1. The van der Waals surface area contributed by atoms with E-state index in [1.54, 1.807) is 4.90 Å². The number of aromatic nitrogens is 1. The molecular formula is C19H23N3O3. The number of amides is 1. The molecule has 2 fully saturated rings. The predicted octanol–water partition coefficient (Wildman–Crippen LogP) is 2.42. The number of hydrogen-bond donors (Lipinski definition) is 0. The second kappa shape index (κ2) is 6.90. The molecule has 0 radical (unpaired) electrons. The lowest BCUT2D eigenvalue weighted by atomic mass is 10.1. The highest BCUT2D eigenvalue weighted by atomic mass is 16.6. The van der Waals surface area contributed by atoms with Crippen LogP contribution in [0.3, 0.4) is 0 Å². The van der Waals surface area contributed by atoms with Crippen LogP contribution >= 0.6 is 0 Å². The zero-order chi connectivity index (χ0) is 17.2. The van der Waals surface area contributed by atoms with E-state index in [-0.39, 0.29) is 18.2 Å². The van der Waals surface area contributed by atoms with Crippen LogP contribution in [0.15, 0.2) is 48.7 Å². The number of rotatable bonds is 4. The molecule has 6 heteroatoms. The quantitative estimate of drug-likeness (QED) is 0.857. The Balaban J connectivity index is 1.46. The lowest BCUT2D eigenvalue weighted by molar-refractivity contribution is -0.0259. The maximum atomic E-state index is 12.2. The first-order valence-electron chi connectivity index (χ1n) is 8.68. The van der Waals surface area contributed by atoms with Crippen LogP contribution in [-0.4, -0.2) is 54.5 Å². The molecule has 0 aliphatic carbocycles. The van der Waals surface area contributed by atoms with Crippen LogP contribution in [0, 0.1) is 0 Å². The molecule has 132 valence electrons. The third kappa shape index (κ3) is 3.27. The van der Waals surface area contributed by atoms with E-state index >= 15 is 0 Å². The van der Waals surface area contributed by atoms with Gasteiger partial charge in [0.25, 0.3) is 0 Å². The molecular weight excluding hydrogens is 318 g/mol. The Kier molecular flexibility index (Phi) is 4.46. The third-order valence-electron chi connectivity index (χ3n) is 4.94. The molecule has 1 amide bonds. The molecule has 2 aromatic rings. The van der Waals surface area contributed by atoms with E-state index in [2.05, 4.69) is 34.8 Å². The number of benzene rings is 1. The summed E-state index contributed by atoms with van der Waals surface area (Å²) in [5, 5.41) is 0. The number of para-hydroxylation sites is 1. The fourth-order valence-corrected chi connectivity index (χ4v) is 3.65. The van der Waals surface area contributed by atoms with Gasteiger partial charge in [-0.25, -0.2) is 4.79 Å². The Labute approximate surface area is 147 Å². The Morgan fingerprint density at radius 3 is 2.76 bits per heavy atom. The average Bonchev–Trinajstić information content (AvgIpc) is 3.22. The molecule has 1 aromatic heterocycles. The van der Waals surface area contributed by atoms with Crippen LogP contribution < -0.4 is 4.90 Å². The Morgan fingerprint density at radius 1 is 1.16 bits per heavy atom. The maximum absolute atomic E-state index is 12.2. The van der Waals surface area contributed by atoms with E-state index in [1.807, 2.05) is 30.3 Å². The van der Waals surface area contributed by atoms with Crippen molar-refractivity contribution in [1.82, 2.24) is 9.47 Å². The molecule has 3 heterocycles. The van der Waals surface area contributed by atoms with E-state index in [4.69, 9.17) is 9.47 Å². The fourth-order valence-electron chi connectivity index (χ4n) is 3.65. The summed E-state index contributed by atoms with van der Waals surface area (Å²) < 4.78 is 13.4. The molecule has 2 atom stereocenters. The minimum Gasteiger partial charge on any atom is -0.443 e. The van der Waals surface area contributed by atoms with Crippen LogP contribution in [0.1, 0.15) is 11.7 Å². The average molecular weight is 341 g/mol. The van der Waals surface area contributed by atoms with Gasteiger partial charge in [-0.2, -0.15) is 0 Å². The Hall–Kier alpha value is -2.31. The number of aryl methyl sites for hydroxylation is 1. The molecule has 0 spiro atoms. The molecule has 4 rings (SSSR count). The van der Waals surface area contributed by atoms with Crippen molar-refractivity contribution in [3.05, 3.63) is 54.4 Å². The van der Waals surface area contributed by atoms with Gasteiger partial charge >= 0.3 is 6.09 Å². The van der Waals surface area contributed by atoms with E-state index in [0.29, 0.717) is 26.3 Å². The fraction of sp³-hybridized carbons (Fsp3) is 0.421. The highest BCUT2D eigenvalue weighted by Gasteiger charge is 2.36. The van der Waals surface area contributed by atoms with E-state index in [1.165, 1.54) is 5.69 Å². The third-order valence-corrected chi connectivity index (χ3v) is 4.94. The second-order valence-corrected chi connectivity index (χ2v) is 6.58. The summed E-state index contributed by atoms with van der Waals surface area (Å²) in [5.41, 5.74) is 2.11. The topological polar surface area (TPSA) is 46.9 Å². The predicted molar refractivity (Wildman–Crippen MR) is 94.6 cm³/mol. The summed E-state index contributed by atoms with van der Waals surface area (Å²) >= 11 is 0. The van der Waals surface area contributed by atoms with Gasteiger partial charge in [0.15, 0.2) is 0 Å². The lowest BCUT2D eigenvalue weighted by Gasteiger charge is -2.36. The largest absolute Gasteiger partial charge is 0.443 e. The van der Waals surface area contributed by atoms with Crippen molar-refractivity contribution in [1.29, 1.82) is 0 Å². The van der Waals surface area contributed by atoms with Crippen molar-refractivity contribution in [3.8, 4) is 0 Å². The van der Waals surface area contributed by atoms with Crippen molar-refractivity contribution < 1.29 is 14.3 Å². The van der Waals surface area contributed by atoms with Crippen LogP contribution in [0.4, 0.5) is 10.5 Å². The number of nitrogens with zero attached hydrogens (tertiary/aromatic N) is 3. The molecule has 2 aliphatic rings. The Bertz CT molecular complexity index is 731. The molecule has 1 aromatic carbocycles. The van der Waals surface area contributed by atoms with Gasteiger partial charge in [0.2, 0.25) is 0 Å². The van der Waals surface area contributed by atoms with Crippen LogP contribution in [0.5, 0.6) is 0 Å². The summed E-state index contributed by atoms with van der Waals surface area (Å²) in [5.74, 6) is 0. The van der Waals surface area contributed by atoms with Gasteiger partial charge in [-0.1, -0.05) is 18.2 Å². The number of carbonyl (C=O) groups is 1. The number of ether oxygens (including phenoxy) is 2. The first-order chi connectivity index (χ1) is 12.2. The number of hydrogen-bond acceptors (Lipinski definition) is 4. The molecule has 25 heavy (non-hydrogen) atoms. The van der Waals surface area contributed by atoms with Crippen molar-refractivity contribution in [2.75, 3.05) is 37.7 Å². The lowest BCUT2D eigenvalue weighted by Crippen LogP contribution is -2.44. The highest BCUT2D eigenvalue weighted by Crippen LogP contribution is 2.27. The Morgan fingerprint density at radius 2 is 2.00 bits per heavy atom. The first-order valence-corrected chi connectivity index (χ1v) is 8.68. The monoisotopic (exact) mass is 341 g/mol. The van der Waals surface area contributed by atoms with Crippen molar-refractivity contribution in [2.24, 2.45) is 7.05 Å². The van der Waals surface area contributed by atoms with Gasteiger partial charge in [0.05, 0.1) is 25.8 Å². The molecule has 6 nitrogen and oxygen atoms in total. The number of carbonyl (C=O) groups excluding carboxylic acids is 1. The van der Waals surface area contributed by atoms with Gasteiger partial charge in [-0.05, 0) is 24.3 Å². The van der Waals surface area contributed by atoms with Crippen LogP contribution in [0.25, 0.3) is 0 Å². The highest BCUT2D eigenvalue weighted by molar-refractivity contribution is 5.89. The summed E-state index contributed by atoms with van der Waals surface area (Å²) in [7, 11) is 2.05. The summed E-state index contributed by atoms with van der Waals surface area (Å²) in [4.78, 5) is 16.3. The summed E-state index contributed by atoms with van der Waals surface area (Å²) in [6, 6.07) is 14.1. The summed E-state index contributed by atoms with van der Waals surface area (Å²) in [6.45, 7) is 3.52. The van der Waals surface area contributed by atoms with Gasteiger partial charge in [0.1, 0.15) is 6.10 Å². The standard InChI is InChI=1S/C19H23N3O3/c1-20-9-5-8-17(20)18-14-24-11-10-21(18)12-16-13-22(19(23)25-16)15-6-3-2-4-7-15/h2-9,16,18H,10-14H2,1H3. The minimum absolute atomic E-state index is 0.131. The molecule has 2 saturated heterocycles. The van der Waals surface area contributed by atoms with Crippen LogP contribution in [0.2, 0.25) is 0 Å². The van der Waals surface area contributed by atoms with Gasteiger partial charge < -0.3 is 14.0 Å². The number of cyclic esters (lactones) is 1. The van der Waals surface area contributed by atoms with Crippen molar-refractivity contribution in [2.45, 2.75) is 12.1 Å². The maximum Gasteiger partial charge on any atom is 0.414 e. The van der Waals surface area contributed by atoms with Gasteiger partial charge in [-0.15, -0.1) is 0 Å². The minimum atomic E-state index is -0.264. The van der Waals surface area contributed by atoms with Gasteiger partial charge in [0, 0.05) is 37.7 Å². The molecule has 0 saturated carbocycles. The van der Waals surface area contributed by atoms with E-state index < -0.39 is 0 Å². The van der Waals surface area contributed by atoms with Gasteiger partial charge in [-0.3, -0.25) is 9.80 Å². The zero-order valence-corrected chi connectivity index (χ0v) is 14.4. The van der Waals surface area contributed by atoms with Crippen molar-refractivity contribution in [3.63, 3.8) is 0 Å². The summed E-state index contributed by atoms with van der Waals surface area (Å²) in [6.07, 6.45) is 1.66. The first kappa shape index (κ1) is 16.2. The molecule has 0 N–H and O–H groups in total. The van der Waals surface area contributed by atoms with E-state index in [9.17, 15) is 4.79 Å². The molecule has 2 unspecified atom stereocenters.